The molecule has 120 valence electrons. The zero-order chi connectivity index (χ0) is 16.6. The van der Waals surface area contributed by atoms with Gasteiger partial charge in [-0.3, -0.25) is 4.79 Å². The van der Waals surface area contributed by atoms with E-state index in [4.69, 9.17) is 4.74 Å². The van der Waals surface area contributed by atoms with Crippen molar-refractivity contribution in [3.05, 3.63) is 45.4 Å². The van der Waals surface area contributed by atoms with Crippen LogP contribution in [0.4, 0.5) is 4.39 Å². The second-order valence-electron chi connectivity index (χ2n) is 5.18. The highest BCUT2D eigenvalue weighted by atomic mass is 79.9. The minimum Gasteiger partial charge on any atom is -0.461 e. The fourth-order valence-electron chi connectivity index (χ4n) is 2.68. The number of hydrogen-bond acceptors (Lipinski definition) is 4. The first-order valence-electron chi connectivity index (χ1n) is 7.30. The van der Waals surface area contributed by atoms with Crippen molar-refractivity contribution in [2.24, 2.45) is 0 Å². The van der Waals surface area contributed by atoms with E-state index in [1.54, 1.807) is 6.92 Å². The Kier molecular flexibility index (Phi) is 4.30. The number of ketones is 1. The second-order valence-corrected chi connectivity index (χ2v) is 6.04. The van der Waals surface area contributed by atoms with Gasteiger partial charge in [0.15, 0.2) is 11.5 Å². The monoisotopic (exact) mass is 380 g/mol. The van der Waals surface area contributed by atoms with Crippen LogP contribution in [0.1, 0.15) is 46.3 Å². The van der Waals surface area contributed by atoms with Gasteiger partial charge in [0.05, 0.1) is 16.8 Å². The van der Waals surface area contributed by atoms with E-state index in [9.17, 15) is 14.0 Å². The van der Waals surface area contributed by atoms with Crippen molar-refractivity contribution in [1.82, 2.24) is 9.78 Å². The van der Waals surface area contributed by atoms with Gasteiger partial charge in [0.1, 0.15) is 11.5 Å². The predicted octanol–water partition coefficient (Wildman–Crippen LogP) is 3.47. The van der Waals surface area contributed by atoms with E-state index in [0.717, 1.165) is 0 Å². The summed E-state index contributed by atoms with van der Waals surface area (Å²) in [5.74, 6) is -1.03. The zero-order valence-electron chi connectivity index (χ0n) is 12.4. The summed E-state index contributed by atoms with van der Waals surface area (Å²) >= 11 is 3.12. The van der Waals surface area contributed by atoms with E-state index in [0.29, 0.717) is 36.2 Å². The summed E-state index contributed by atoms with van der Waals surface area (Å²) < 4.78 is 20.1. The molecular formula is C16H14BrFN2O3. The van der Waals surface area contributed by atoms with Crippen LogP contribution in [0.5, 0.6) is 0 Å². The molecule has 0 spiro atoms. The zero-order valence-corrected chi connectivity index (χ0v) is 14.0. The normalized spacial score (nSPS) is 13.8. The summed E-state index contributed by atoms with van der Waals surface area (Å²) in [6, 6.07) is 4.33. The lowest BCUT2D eigenvalue weighted by Gasteiger charge is -2.13. The lowest BCUT2D eigenvalue weighted by molar-refractivity contribution is 0.0517. The van der Waals surface area contributed by atoms with E-state index >= 15 is 0 Å². The van der Waals surface area contributed by atoms with Crippen LogP contribution in [0.3, 0.4) is 0 Å². The Morgan fingerprint density at radius 1 is 1.43 bits per heavy atom. The van der Waals surface area contributed by atoms with E-state index in [2.05, 4.69) is 21.0 Å². The topological polar surface area (TPSA) is 61.2 Å². The average Bonchev–Trinajstić information content (AvgIpc) is 2.91. The second kappa shape index (κ2) is 6.23. The molecule has 1 aromatic carbocycles. The van der Waals surface area contributed by atoms with Crippen molar-refractivity contribution in [2.45, 2.75) is 26.2 Å². The standard InChI is InChI=1S/C16H14BrFN2O3/c1-2-23-16(22)14-10-4-3-5-13(21)15(10)20(19-14)9-6-7-12(18)11(17)8-9/h6-8H,2-5H2,1H3. The van der Waals surface area contributed by atoms with Crippen LogP contribution in [-0.2, 0) is 11.2 Å². The Morgan fingerprint density at radius 3 is 2.91 bits per heavy atom. The molecule has 0 unspecified atom stereocenters. The van der Waals surface area contributed by atoms with Crippen molar-refractivity contribution in [1.29, 1.82) is 0 Å². The number of nitrogens with zero attached hydrogens (tertiary/aromatic N) is 2. The molecule has 5 nitrogen and oxygen atoms in total. The van der Waals surface area contributed by atoms with Gasteiger partial charge in [0, 0.05) is 12.0 Å². The van der Waals surface area contributed by atoms with Crippen molar-refractivity contribution in [3.63, 3.8) is 0 Å². The molecule has 0 aliphatic heterocycles. The number of carbonyl (C=O) groups is 2. The highest BCUT2D eigenvalue weighted by molar-refractivity contribution is 9.10. The summed E-state index contributed by atoms with van der Waals surface area (Å²) in [6.45, 7) is 1.94. The van der Waals surface area contributed by atoms with Gasteiger partial charge in [-0.25, -0.2) is 13.9 Å². The van der Waals surface area contributed by atoms with Crippen molar-refractivity contribution >= 4 is 27.7 Å². The number of carbonyl (C=O) groups excluding carboxylic acids is 2. The van der Waals surface area contributed by atoms with Crippen LogP contribution in [-0.4, -0.2) is 28.1 Å². The van der Waals surface area contributed by atoms with Gasteiger partial charge in [0.25, 0.3) is 0 Å². The van der Waals surface area contributed by atoms with Crippen LogP contribution in [0, 0.1) is 5.82 Å². The van der Waals surface area contributed by atoms with Crippen molar-refractivity contribution in [2.75, 3.05) is 6.61 Å². The van der Waals surface area contributed by atoms with Crippen molar-refractivity contribution < 1.29 is 18.7 Å². The molecule has 0 saturated heterocycles. The molecule has 1 heterocycles. The number of rotatable bonds is 3. The molecule has 0 radical (unpaired) electrons. The molecule has 0 bridgehead atoms. The number of fused-ring (bicyclic) bond motifs is 1. The molecule has 1 aliphatic carbocycles. The molecule has 7 heteroatoms. The van der Waals surface area contributed by atoms with Gasteiger partial charge in [0.2, 0.25) is 0 Å². The smallest absolute Gasteiger partial charge is 0.359 e. The Bertz CT molecular complexity index is 801. The predicted molar refractivity (Wildman–Crippen MR) is 84.4 cm³/mol. The fraction of sp³-hybridized carbons (Fsp3) is 0.312. The van der Waals surface area contributed by atoms with Gasteiger partial charge in [-0.05, 0) is 53.9 Å². The minimum absolute atomic E-state index is 0.0743. The number of halogens is 2. The molecule has 0 fully saturated rings. The molecule has 2 aromatic rings. The van der Waals surface area contributed by atoms with Crippen LogP contribution in [0.25, 0.3) is 5.69 Å². The number of hydrogen-bond donors (Lipinski definition) is 0. The van der Waals surface area contributed by atoms with E-state index in [1.165, 1.54) is 22.9 Å². The Labute approximate surface area is 140 Å². The fourth-order valence-corrected chi connectivity index (χ4v) is 3.05. The van der Waals surface area contributed by atoms with Crippen molar-refractivity contribution in [3.8, 4) is 5.69 Å². The Morgan fingerprint density at radius 2 is 2.22 bits per heavy atom. The molecular weight excluding hydrogens is 367 g/mol. The summed E-state index contributed by atoms with van der Waals surface area (Å²) in [5, 5.41) is 4.28. The maximum absolute atomic E-state index is 13.4. The summed E-state index contributed by atoms with van der Waals surface area (Å²) in [6.07, 6.45) is 1.68. The van der Waals surface area contributed by atoms with Gasteiger partial charge >= 0.3 is 5.97 Å². The lowest BCUT2D eigenvalue weighted by Crippen LogP contribution is -2.15. The number of esters is 1. The average molecular weight is 381 g/mol. The minimum atomic E-state index is -0.543. The van der Waals surface area contributed by atoms with Gasteiger partial charge in [-0.2, -0.15) is 5.10 Å². The molecule has 0 atom stereocenters. The highest BCUT2D eigenvalue weighted by Crippen LogP contribution is 2.29. The maximum atomic E-state index is 13.4. The third-order valence-corrected chi connectivity index (χ3v) is 4.30. The largest absolute Gasteiger partial charge is 0.461 e. The quantitative estimate of drug-likeness (QED) is 0.764. The van der Waals surface area contributed by atoms with Crippen LogP contribution >= 0.6 is 15.9 Å². The lowest BCUT2D eigenvalue weighted by atomic mass is 9.94. The van der Waals surface area contributed by atoms with Crippen LogP contribution < -0.4 is 0 Å². The number of benzene rings is 1. The first-order valence-corrected chi connectivity index (χ1v) is 8.10. The summed E-state index contributed by atoms with van der Waals surface area (Å²) in [4.78, 5) is 24.4. The van der Waals surface area contributed by atoms with E-state index in [-0.39, 0.29) is 22.6 Å². The van der Waals surface area contributed by atoms with Crippen LogP contribution in [0.15, 0.2) is 22.7 Å². The summed E-state index contributed by atoms with van der Waals surface area (Å²) in [7, 11) is 0. The number of aromatic nitrogens is 2. The molecule has 1 aromatic heterocycles. The van der Waals surface area contributed by atoms with E-state index in [1.807, 2.05) is 0 Å². The Hall–Kier alpha value is -2.02. The van der Waals surface area contributed by atoms with Gasteiger partial charge in [-0.1, -0.05) is 0 Å². The first kappa shape index (κ1) is 15.9. The molecule has 0 amide bonds. The third-order valence-electron chi connectivity index (χ3n) is 3.69. The van der Waals surface area contributed by atoms with Gasteiger partial charge < -0.3 is 4.74 Å². The SMILES string of the molecule is CCOC(=O)c1nn(-c2ccc(F)c(Br)c2)c2c1CCCC2=O. The summed E-state index contributed by atoms with van der Waals surface area (Å²) in [5.41, 5.74) is 1.67. The maximum Gasteiger partial charge on any atom is 0.359 e. The highest BCUT2D eigenvalue weighted by Gasteiger charge is 2.31. The molecule has 23 heavy (non-hydrogen) atoms. The molecule has 3 rings (SSSR count). The van der Waals surface area contributed by atoms with Gasteiger partial charge in [-0.15, -0.1) is 0 Å². The van der Waals surface area contributed by atoms with Crippen LogP contribution in [0.2, 0.25) is 0 Å². The van der Waals surface area contributed by atoms with E-state index < -0.39 is 11.8 Å². The third kappa shape index (κ3) is 2.81. The Balaban J connectivity index is 2.18. The molecule has 0 saturated carbocycles. The first-order chi connectivity index (χ1) is 11.0. The number of ether oxygens (including phenoxy) is 1. The molecule has 0 N–H and O–H groups in total. The number of Topliss-reactive ketones (excluding diaryl/α,β-unsaturated/α-hetero) is 1. The molecule has 1 aliphatic rings.